The number of nitrogens with zero attached hydrogens (tertiary/aromatic N) is 1. The second kappa shape index (κ2) is 8.62. The molecule has 4 unspecified atom stereocenters. The van der Waals surface area contributed by atoms with Gasteiger partial charge in [-0.25, -0.2) is 4.79 Å². The highest BCUT2D eigenvalue weighted by Crippen LogP contribution is 2.35. The summed E-state index contributed by atoms with van der Waals surface area (Å²) in [5.74, 6) is -4.00. The maximum absolute atomic E-state index is 13.1. The summed E-state index contributed by atoms with van der Waals surface area (Å²) >= 11 is 0. The zero-order valence-electron chi connectivity index (χ0n) is 18.3. The zero-order valence-corrected chi connectivity index (χ0v) is 18.3. The number of fused-ring (bicyclic) bond motifs is 1. The maximum atomic E-state index is 13.1. The molecule has 2 heterocycles. The molecule has 0 radical (unpaired) electrons. The van der Waals surface area contributed by atoms with Crippen molar-refractivity contribution in [2.45, 2.75) is 71.6 Å². The summed E-state index contributed by atoms with van der Waals surface area (Å²) in [5, 5.41) is 11.8. The average molecular weight is 422 g/mol. The molecule has 2 aliphatic heterocycles. The molecule has 30 heavy (non-hydrogen) atoms. The van der Waals surface area contributed by atoms with Crippen molar-refractivity contribution in [3.63, 3.8) is 0 Å². The van der Waals surface area contributed by atoms with Crippen molar-refractivity contribution < 1.29 is 33.4 Å². The molecule has 7 atom stereocenters. The minimum absolute atomic E-state index is 0.152. The maximum Gasteiger partial charge on any atom is 0.408 e. The van der Waals surface area contributed by atoms with E-state index in [1.54, 1.807) is 40.9 Å². The lowest BCUT2D eigenvalue weighted by Crippen LogP contribution is -2.52. The Morgan fingerprint density at radius 2 is 1.60 bits per heavy atom. The van der Waals surface area contributed by atoms with E-state index in [4.69, 9.17) is 19.5 Å². The van der Waals surface area contributed by atoms with Crippen LogP contribution in [0.2, 0.25) is 0 Å². The van der Waals surface area contributed by atoms with Crippen molar-refractivity contribution in [1.29, 1.82) is 5.26 Å². The van der Waals surface area contributed by atoms with Gasteiger partial charge in [-0.2, -0.15) is 5.26 Å². The van der Waals surface area contributed by atoms with Crippen LogP contribution in [0.15, 0.2) is 0 Å². The van der Waals surface area contributed by atoms with E-state index >= 15 is 0 Å². The number of alkyl carbamates (subject to hydrolysis) is 1. The Bertz CT molecular complexity index is 776. The number of Topliss-reactive ketones (excluding diaryl/α,β-unsaturated/α-hetero) is 2. The number of hydrogen-bond donors (Lipinski definition) is 1. The van der Waals surface area contributed by atoms with Crippen LogP contribution in [0.4, 0.5) is 4.79 Å². The minimum Gasteiger partial charge on any atom is -0.461 e. The van der Waals surface area contributed by atoms with Crippen LogP contribution in [0.1, 0.15) is 54.4 Å². The number of ether oxygens (including phenoxy) is 3. The molecule has 2 aliphatic rings. The lowest BCUT2D eigenvalue weighted by atomic mass is 9.76. The van der Waals surface area contributed by atoms with Crippen LogP contribution in [0.3, 0.4) is 0 Å². The van der Waals surface area contributed by atoms with Crippen molar-refractivity contribution >= 4 is 23.6 Å². The highest BCUT2D eigenvalue weighted by Gasteiger charge is 2.52. The SMILES string of the molecule is CC1C[C@@](C)(OC#N)C[C@@H](C)C(=O)C(C)C(=O)OC[C@@]2(C)OC(=O)NC2C(C)C1=O. The summed E-state index contributed by atoms with van der Waals surface area (Å²) in [7, 11) is 0. The molecule has 2 rings (SSSR count). The van der Waals surface area contributed by atoms with Gasteiger partial charge in [0.15, 0.2) is 5.60 Å². The van der Waals surface area contributed by atoms with Gasteiger partial charge in [-0.15, -0.1) is 0 Å². The molecular weight excluding hydrogens is 392 g/mol. The lowest BCUT2D eigenvalue weighted by molar-refractivity contribution is -0.159. The fraction of sp³-hybridized carbons (Fsp3) is 0.762. The number of cyclic esters (lactones) is 1. The molecule has 0 spiro atoms. The number of nitrogens with one attached hydrogen (secondary N) is 1. The van der Waals surface area contributed by atoms with Crippen molar-refractivity contribution in [1.82, 2.24) is 5.32 Å². The molecule has 1 amide bonds. The molecule has 1 N–H and O–H groups in total. The molecule has 0 aromatic rings. The Morgan fingerprint density at radius 3 is 2.17 bits per heavy atom. The van der Waals surface area contributed by atoms with E-state index in [-0.39, 0.29) is 31.0 Å². The summed E-state index contributed by atoms with van der Waals surface area (Å²) in [6.45, 7) is 9.52. The first-order valence-electron chi connectivity index (χ1n) is 10.1. The molecule has 0 saturated carbocycles. The quantitative estimate of drug-likeness (QED) is 0.386. The molecule has 166 valence electrons. The van der Waals surface area contributed by atoms with E-state index < -0.39 is 53.0 Å². The van der Waals surface area contributed by atoms with Gasteiger partial charge in [0.05, 0.1) is 6.04 Å². The molecule has 9 heteroatoms. The number of ketones is 2. The van der Waals surface area contributed by atoms with Gasteiger partial charge in [0.2, 0.25) is 0 Å². The fourth-order valence-electron chi connectivity index (χ4n) is 4.63. The van der Waals surface area contributed by atoms with E-state index in [1.165, 1.54) is 6.92 Å². The number of rotatable bonds is 1. The number of carbonyl (C=O) groups excluding carboxylic acids is 4. The number of esters is 1. The minimum atomic E-state index is -1.26. The lowest BCUT2D eigenvalue weighted by Gasteiger charge is -2.35. The summed E-state index contributed by atoms with van der Waals surface area (Å²) in [4.78, 5) is 50.3. The second-order valence-corrected chi connectivity index (χ2v) is 9.10. The summed E-state index contributed by atoms with van der Waals surface area (Å²) in [6.07, 6.45) is 1.35. The van der Waals surface area contributed by atoms with Crippen LogP contribution >= 0.6 is 0 Å². The van der Waals surface area contributed by atoms with Gasteiger partial charge in [-0.1, -0.05) is 20.8 Å². The smallest absolute Gasteiger partial charge is 0.408 e. The Kier molecular flexibility index (Phi) is 6.80. The topological polar surface area (TPSA) is 132 Å². The molecule has 0 aromatic heterocycles. The normalized spacial score (nSPS) is 40.9. The van der Waals surface area contributed by atoms with E-state index in [1.807, 2.05) is 0 Å². The van der Waals surface area contributed by atoms with Gasteiger partial charge in [0, 0.05) is 17.8 Å². The Balaban J connectivity index is 2.44. The number of carbonyl (C=O) groups is 4. The zero-order chi connectivity index (χ0) is 22.9. The predicted molar refractivity (Wildman–Crippen MR) is 104 cm³/mol. The van der Waals surface area contributed by atoms with Crippen molar-refractivity contribution in [2.75, 3.05) is 6.61 Å². The monoisotopic (exact) mass is 422 g/mol. The molecule has 2 fully saturated rings. The molecule has 9 nitrogen and oxygen atoms in total. The summed E-state index contributed by atoms with van der Waals surface area (Å²) in [5.41, 5.74) is -2.32. The molecule has 0 bridgehead atoms. The Hall–Kier alpha value is -2.63. The molecule has 0 aromatic carbocycles. The molecule has 2 saturated heterocycles. The van der Waals surface area contributed by atoms with Gasteiger partial charge in [0.25, 0.3) is 6.26 Å². The number of nitriles is 1. The van der Waals surface area contributed by atoms with Crippen LogP contribution in [-0.2, 0) is 28.6 Å². The van der Waals surface area contributed by atoms with Crippen LogP contribution in [-0.4, -0.2) is 47.5 Å². The third kappa shape index (κ3) is 4.74. The van der Waals surface area contributed by atoms with Gasteiger partial charge in [-0.05, 0) is 33.6 Å². The van der Waals surface area contributed by atoms with Gasteiger partial charge >= 0.3 is 12.1 Å². The van der Waals surface area contributed by atoms with E-state index in [2.05, 4.69) is 5.32 Å². The highest BCUT2D eigenvalue weighted by atomic mass is 16.6. The number of hydrogen-bond acceptors (Lipinski definition) is 8. The first-order chi connectivity index (χ1) is 13.8. The number of amides is 1. The van der Waals surface area contributed by atoms with Crippen LogP contribution in [0, 0.1) is 35.2 Å². The predicted octanol–water partition coefficient (Wildman–Crippen LogP) is 2.13. The summed E-state index contributed by atoms with van der Waals surface area (Å²) < 4.78 is 15.9. The van der Waals surface area contributed by atoms with Crippen LogP contribution in [0.25, 0.3) is 0 Å². The Labute approximate surface area is 176 Å². The van der Waals surface area contributed by atoms with E-state index in [0.29, 0.717) is 0 Å². The first-order valence-corrected chi connectivity index (χ1v) is 10.1. The van der Waals surface area contributed by atoms with Gasteiger partial charge < -0.3 is 19.5 Å². The fourth-order valence-corrected chi connectivity index (χ4v) is 4.63. The van der Waals surface area contributed by atoms with Crippen LogP contribution in [0.5, 0.6) is 0 Å². The van der Waals surface area contributed by atoms with Crippen LogP contribution < -0.4 is 5.32 Å². The largest absolute Gasteiger partial charge is 0.461 e. The Morgan fingerprint density at radius 1 is 1.03 bits per heavy atom. The van der Waals surface area contributed by atoms with Crippen molar-refractivity contribution in [3.8, 4) is 6.26 Å². The van der Waals surface area contributed by atoms with Crippen molar-refractivity contribution in [3.05, 3.63) is 0 Å². The van der Waals surface area contributed by atoms with Crippen molar-refractivity contribution in [2.24, 2.45) is 23.7 Å². The van der Waals surface area contributed by atoms with E-state index in [9.17, 15) is 19.2 Å². The van der Waals surface area contributed by atoms with Gasteiger partial charge in [-0.3, -0.25) is 14.4 Å². The van der Waals surface area contributed by atoms with Gasteiger partial charge in [0.1, 0.15) is 29.7 Å². The summed E-state index contributed by atoms with van der Waals surface area (Å²) in [6, 6.07) is -0.719. The second-order valence-electron chi connectivity index (χ2n) is 9.10. The van der Waals surface area contributed by atoms with E-state index in [0.717, 1.165) is 0 Å². The molecule has 0 aliphatic carbocycles. The standard InChI is InChI=1S/C21H30N2O7/c1-11-7-20(5,29-10-22)8-12(2)16(25)14(4)18(26)28-9-21(6)17(13(3)15(11)24)23-19(27)30-21/h11-14,17H,7-9H2,1-6H3,(H,23,27)/t11?,12-,13?,14?,17?,20-,21-/m1/s1. The third-order valence-corrected chi connectivity index (χ3v) is 6.23. The third-order valence-electron chi connectivity index (χ3n) is 6.23. The first kappa shape index (κ1) is 23.6. The molecular formula is C21H30N2O7. The highest BCUT2D eigenvalue weighted by molar-refractivity contribution is 5.99. The average Bonchev–Trinajstić information content (AvgIpc) is 2.97.